The van der Waals surface area contributed by atoms with Crippen LogP contribution in [0.15, 0.2) is 302 Å². The molecule has 0 bridgehead atoms. The number of benzene rings is 11. The Kier molecular flexibility index (Phi) is 21.3. The van der Waals surface area contributed by atoms with Gasteiger partial charge in [0.05, 0.1) is 11.4 Å². The minimum absolute atomic E-state index is 0. The van der Waals surface area contributed by atoms with Crippen LogP contribution < -0.4 is 9.80 Å². The molecule has 0 N–H and O–H groups in total. The number of hydrogen-bond acceptors (Lipinski definition) is 2. The highest BCUT2D eigenvalue weighted by Gasteiger charge is 2.24. The lowest BCUT2D eigenvalue weighted by Gasteiger charge is -2.31. The van der Waals surface area contributed by atoms with Gasteiger partial charge in [-0.25, -0.2) is 0 Å². The molecule has 0 amide bonds. The van der Waals surface area contributed by atoms with Crippen LogP contribution in [0.2, 0.25) is 0 Å². The molecule has 0 heterocycles. The van der Waals surface area contributed by atoms with Gasteiger partial charge in [-0.1, -0.05) is 279 Å². The Morgan fingerprint density at radius 1 is 0.456 bits per heavy atom. The van der Waals surface area contributed by atoms with Gasteiger partial charge in [-0.2, -0.15) is 0 Å². The van der Waals surface area contributed by atoms with Crippen molar-refractivity contribution in [2.75, 3.05) is 9.80 Å². The predicted molar refractivity (Wildman–Crippen MR) is 399 cm³/mol. The fourth-order valence-electron chi connectivity index (χ4n) is 12.5. The van der Waals surface area contributed by atoms with Crippen LogP contribution in [-0.2, 0) is 0 Å². The molecule has 0 spiro atoms. The number of rotatable bonds is 16. The molecular weight excluding hydrogens is 1080 g/mol. The molecule has 450 valence electrons. The van der Waals surface area contributed by atoms with Gasteiger partial charge in [0.2, 0.25) is 0 Å². The molecule has 0 saturated heterocycles. The quantitative estimate of drug-likeness (QED) is 0.0703. The molecule has 11 aromatic rings. The molecule has 0 fully saturated rings. The molecule has 0 saturated carbocycles. The minimum Gasteiger partial charge on any atom is -0.310 e. The summed E-state index contributed by atoms with van der Waals surface area (Å²) in [5.74, 6) is 0. The molecular formula is C88H88N2. The zero-order valence-corrected chi connectivity index (χ0v) is 53.8. The molecule has 2 nitrogen and oxygen atoms in total. The standard InChI is InChI=1S/C83H72N2.2C2H6.CH4/c1-9-11-21-58(5)68-24-19-25-69(52-68)59(6)34-35-62(10-2)64-40-44-72(45-41-64)84(80-48-32-56(3)50-60(80)7)82-54-78-75-29-16-18-31-77(75)83(55-79(78)74-28-15-17-30-76(74)82)85(81-49-33-57(4)51-61(81)8)73-46-42-66(43-47-73)65-36-38-67(39-37-65)71-27-20-26-70(53-71)63-22-13-12-14-23-63;2*1-2;/h9,11-18,20-23,25-55H,1,5,10,19,24H2,2-4,6-8H3;2*1-2H3;1H4/b21-11-,59-34+,62-35+;;;. The lowest BCUT2D eigenvalue weighted by Crippen LogP contribution is -2.13. The summed E-state index contributed by atoms with van der Waals surface area (Å²) < 4.78 is 0. The number of hydrogen-bond donors (Lipinski definition) is 0. The van der Waals surface area contributed by atoms with E-state index in [0.717, 1.165) is 59.0 Å². The molecule has 2 heteroatoms. The fraction of sp³-hybridized carbons (Fsp3) is 0.159. The zero-order valence-electron chi connectivity index (χ0n) is 53.8. The molecule has 11 aromatic carbocycles. The third-order valence-electron chi connectivity index (χ3n) is 17.0. The highest BCUT2D eigenvalue weighted by Crippen LogP contribution is 2.49. The topological polar surface area (TPSA) is 6.48 Å². The van der Waals surface area contributed by atoms with Crippen LogP contribution in [0.4, 0.5) is 34.1 Å². The van der Waals surface area contributed by atoms with Crippen LogP contribution >= 0.6 is 0 Å². The number of nitrogens with zero attached hydrogens (tertiary/aromatic N) is 2. The second-order valence-electron chi connectivity index (χ2n) is 22.7. The van der Waals surface area contributed by atoms with Gasteiger partial charge in [0.1, 0.15) is 0 Å². The van der Waals surface area contributed by atoms with Gasteiger partial charge in [0, 0.05) is 33.5 Å². The Balaban J connectivity index is 0.00000188. The van der Waals surface area contributed by atoms with E-state index in [1.807, 2.05) is 33.8 Å². The Morgan fingerprint density at radius 2 is 0.900 bits per heavy atom. The lowest BCUT2D eigenvalue weighted by molar-refractivity contribution is 0.964. The number of anilines is 6. The third-order valence-corrected chi connectivity index (χ3v) is 17.0. The number of allylic oxidation sites excluding steroid dienone is 12. The average Bonchev–Trinajstić information content (AvgIpc) is 0.786. The van der Waals surface area contributed by atoms with E-state index in [4.69, 9.17) is 0 Å². The molecule has 1 aliphatic rings. The van der Waals surface area contributed by atoms with Gasteiger partial charge in [-0.3, -0.25) is 0 Å². The minimum atomic E-state index is 0. The van der Waals surface area contributed by atoms with Crippen LogP contribution in [-0.4, -0.2) is 0 Å². The van der Waals surface area contributed by atoms with Crippen molar-refractivity contribution < 1.29 is 0 Å². The first-order valence-corrected chi connectivity index (χ1v) is 31.9. The molecule has 90 heavy (non-hydrogen) atoms. The summed E-state index contributed by atoms with van der Waals surface area (Å²) >= 11 is 0. The maximum Gasteiger partial charge on any atom is 0.0546 e. The van der Waals surface area contributed by atoms with Gasteiger partial charge in [-0.05, 0) is 208 Å². The lowest BCUT2D eigenvalue weighted by atomic mass is 9.91. The van der Waals surface area contributed by atoms with Crippen molar-refractivity contribution in [3.8, 4) is 33.4 Å². The zero-order chi connectivity index (χ0) is 62.6. The van der Waals surface area contributed by atoms with Crippen molar-refractivity contribution in [1.82, 2.24) is 0 Å². The highest BCUT2D eigenvalue weighted by atomic mass is 15.2. The van der Waals surface area contributed by atoms with Gasteiger partial charge < -0.3 is 9.80 Å². The largest absolute Gasteiger partial charge is 0.310 e. The van der Waals surface area contributed by atoms with E-state index in [1.54, 1.807) is 6.08 Å². The number of aryl methyl sites for hydroxylation is 4. The first kappa shape index (κ1) is 64.5. The smallest absolute Gasteiger partial charge is 0.0546 e. The van der Waals surface area contributed by atoms with E-state index in [2.05, 4.69) is 319 Å². The third kappa shape index (κ3) is 13.8. The highest BCUT2D eigenvalue weighted by molar-refractivity contribution is 6.24. The normalized spacial score (nSPS) is 12.3. The summed E-state index contributed by atoms with van der Waals surface area (Å²) in [6.07, 6.45) is 18.0. The molecule has 0 atom stereocenters. The average molecular weight is 1170 g/mol. The summed E-state index contributed by atoms with van der Waals surface area (Å²) in [7, 11) is 0. The van der Waals surface area contributed by atoms with Gasteiger partial charge in [0.25, 0.3) is 0 Å². The van der Waals surface area contributed by atoms with Gasteiger partial charge in [0.15, 0.2) is 0 Å². The van der Waals surface area contributed by atoms with E-state index >= 15 is 0 Å². The van der Waals surface area contributed by atoms with Crippen molar-refractivity contribution >= 4 is 72.0 Å². The predicted octanol–water partition coefficient (Wildman–Crippen LogP) is 26.7. The summed E-state index contributed by atoms with van der Waals surface area (Å²) in [4.78, 5) is 4.97. The van der Waals surface area contributed by atoms with Crippen molar-refractivity contribution in [1.29, 1.82) is 0 Å². The van der Waals surface area contributed by atoms with Crippen molar-refractivity contribution in [3.63, 3.8) is 0 Å². The summed E-state index contributed by atoms with van der Waals surface area (Å²) in [6, 6.07) is 83.4. The second-order valence-corrected chi connectivity index (χ2v) is 22.7. The van der Waals surface area contributed by atoms with E-state index in [9.17, 15) is 0 Å². The summed E-state index contributed by atoms with van der Waals surface area (Å²) in [5.41, 5.74) is 26.2. The maximum absolute atomic E-state index is 4.33. The Morgan fingerprint density at radius 3 is 1.39 bits per heavy atom. The molecule has 0 aromatic heterocycles. The van der Waals surface area contributed by atoms with Crippen LogP contribution in [0.3, 0.4) is 0 Å². The van der Waals surface area contributed by atoms with E-state index in [1.165, 1.54) is 116 Å². The van der Waals surface area contributed by atoms with Crippen LogP contribution in [0, 0.1) is 27.7 Å². The van der Waals surface area contributed by atoms with E-state index in [-0.39, 0.29) is 7.43 Å². The first-order valence-electron chi connectivity index (χ1n) is 31.9. The van der Waals surface area contributed by atoms with Crippen LogP contribution in [0.25, 0.3) is 71.3 Å². The second kappa shape index (κ2) is 29.8. The maximum atomic E-state index is 4.33. The molecule has 12 rings (SSSR count). The summed E-state index contributed by atoms with van der Waals surface area (Å²) in [5, 5.41) is 7.17. The molecule has 0 unspecified atom stereocenters. The Bertz CT molecular complexity index is 4500. The van der Waals surface area contributed by atoms with Crippen molar-refractivity contribution in [2.45, 2.75) is 95.9 Å². The van der Waals surface area contributed by atoms with Gasteiger partial charge in [-0.15, -0.1) is 0 Å². The van der Waals surface area contributed by atoms with E-state index in [0.29, 0.717) is 0 Å². The number of fused-ring (bicyclic) bond motifs is 5. The van der Waals surface area contributed by atoms with Gasteiger partial charge >= 0.3 is 0 Å². The molecule has 0 aliphatic heterocycles. The van der Waals surface area contributed by atoms with Crippen molar-refractivity contribution in [2.24, 2.45) is 0 Å². The van der Waals surface area contributed by atoms with Crippen molar-refractivity contribution in [3.05, 3.63) is 330 Å². The fourth-order valence-corrected chi connectivity index (χ4v) is 12.5. The SMILES string of the molecule is C.C=C/C=C\C(=C)C1=CC(/C(C)=C/C=C(\CC)c2ccc(N(c3ccc(C)cc3C)c3cc4c5ccccc5c(N(c5ccc(-c6ccc(-c7cccc(-c8ccccc8)c7)cc6)cc5)c5ccc(C)cc5C)cc4c4ccccc34)cc2)=CCC1.CC.CC. The first-order chi connectivity index (χ1) is 43.5. The van der Waals surface area contributed by atoms with Crippen LogP contribution in [0.5, 0.6) is 0 Å². The molecule has 1 aliphatic carbocycles. The van der Waals surface area contributed by atoms with E-state index < -0.39 is 0 Å². The van der Waals surface area contributed by atoms with Crippen LogP contribution in [0.1, 0.15) is 96.0 Å². The summed E-state index contributed by atoms with van der Waals surface area (Å²) in [6.45, 7) is 29.5. The Hall–Kier alpha value is -10.0. The monoisotopic (exact) mass is 1170 g/mol. The molecule has 0 radical (unpaired) electrons. The Labute approximate surface area is 538 Å².